The highest BCUT2D eigenvalue weighted by atomic mass is 16.4. The molecule has 1 amide bonds. The molecule has 0 fully saturated rings. The number of carbonyl (C=O) groups is 2. The lowest BCUT2D eigenvalue weighted by Crippen LogP contribution is -2.16. The maximum atomic E-state index is 12.1. The predicted octanol–water partition coefficient (Wildman–Crippen LogP) is 2.04. The number of rotatable bonds is 3. The van der Waals surface area contributed by atoms with Gasteiger partial charge >= 0.3 is 5.97 Å². The van der Waals surface area contributed by atoms with Crippen LogP contribution in [0.1, 0.15) is 32.1 Å². The van der Waals surface area contributed by atoms with Crippen molar-refractivity contribution in [1.29, 1.82) is 0 Å². The van der Waals surface area contributed by atoms with Crippen molar-refractivity contribution in [2.45, 2.75) is 13.8 Å². The Morgan fingerprint density at radius 2 is 1.95 bits per heavy atom. The summed E-state index contributed by atoms with van der Waals surface area (Å²) >= 11 is 0. The van der Waals surface area contributed by atoms with Gasteiger partial charge in [0, 0.05) is 18.1 Å². The van der Waals surface area contributed by atoms with Crippen LogP contribution >= 0.6 is 0 Å². The molecule has 6 nitrogen and oxygen atoms in total. The third-order valence-electron chi connectivity index (χ3n) is 2.82. The van der Waals surface area contributed by atoms with E-state index in [2.05, 4.69) is 15.3 Å². The van der Waals surface area contributed by atoms with Gasteiger partial charge in [-0.3, -0.25) is 9.78 Å². The zero-order chi connectivity index (χ0) is 14.7. The van der Waals surface area contributed by atoms with Crippen molar-refractivity contribution in [3.8, 4) is 0 Å². The number of nitrogens with one attached hydrogen (secondary N) is 1. The molecule has 0 aliphatic carbocycles. The van der Waals surface area contributed by atoms with Crippen molar-refractivity contribution < 1.29 is 14.7 Å². The molecule has 0 radical (unpaired) electrons. The van der Waals surface area contributed by atoms with Crippen LogP contribution in [0.4, 0.5) is 5.69 Å². The second kappa shape index (κ2) is 5.48. The first-order valence-corrected chi connectivity index (χ1v) is 5.92. The van der Waals surface area contributed by atoms with Crippen LogP contribution in [-0.2, 0) is 0 Å². The van der Waals surface area contributed by atoms with E-state index < -0.39 is 5.97 Å². The van der Waals surface area contributed by atoms with E-state index in [-0.39, 0.29) is 17.2 Å². The van der Waals surface area contributed by atoms with Crippen molar-refractivity contribution in [2.24, 2.45) is 0 Å². The summed E-state index contributed by atoms with van der Waals surface area (Å²) in [5.74, 6) is -1.45. The molecular weight excluding hydrogens is 258 g/mol. The van der Waals surface area contributed by atoms with E-state index in [1.165, 1.54) is 12.1 Å². The SMILES string of the molecule is Cc1cnccc1NC(=O)c1ccc(C(=O)O)c(C)n1. The molecule has 2 aromatic rings. The molecule has 2 aromatic heterocycles. The Morgan fingerprint density at radius 1 is 1.20 bits per heavy atom. The van der Waals surface area contributed by atoms with Gasteiger partial charge in [-0.25, -0.2) is 9.78 Å². The molecule has 102 valence electrons. The fourth-order valence-corrected chi connectivity index (χ4v) is 1.71. The molecule has 0 bridgehead atoms. The first-order valence-electron chi connectivity index (χ1n) is 5.92. The Bertz CT molecular complexity index is 683. The molecular formula is C14H13N3O3. The molecule has 2 heterocycles. The van der Waals surface area contributed by atoms with E-state index in [9.17, 15) is 9.59 Å². The van der Waals surface area contributed by atoms with E-state index in [4.69, 9.17) is 5.11 Å². The Morgan fingerprint density at radius 3 is 2.55 bits per heavy atom. The average molecular weight is 271 g/mol. The van der Waals surface area contributed by atoms with E-state index >= 15 is 0 Å². The first kappa shape index (κ1) is 13.7. The molecule has 2 rings (SSSR count). The summed E-state index contributed by atoms with van der Waals surface area (Å²) in [6.07, 6.45) is 3.22. The Balaban J connectivity index is 2.24. The molecule has 0 aliphatic heterocycles. The highest BCUT2D eigenvalue weighted by Gasteiger charge is 2.13. The number of anilines is 1. The minimum Gasteiger partial charge on any atom is -0.478 e. The van der Waals surface area contributed by atoms with Gasteiger partial charge in [0.25, 0.3) is 5.91 Å². The van der Waals surface area contributed by atoms with Crippen LogP contribution < -0.4 is 5.32 Å². The van der Waals surface area contributed by atoms with Gasteiger partial charge in [-0.15, -0.1) is 0 Å². The maximum absolute atomic E-state index is 12.1. The number of carboxylic acids is 1. The standard InChI is InChI=1S/C14H13N3O3/c1-8-7-15-6-5-11(8)17-13(18)12-4-3-10(14(19)20)9(2)16-12/h3-7H,1-2H3,(H,19,20)(H,15,17,18). The smallest absolute Gasteiger partial charge is 0.337 e. The number of hydrogen-bond acceptors (Lipinski definition) is 4. The van der Waals surface area contributed by atoms with Gasteiger partial charge in [0.2, 0.25) is 0 Å². The number of hydrogen-bond donors (Lipinski definition) is 2. The number of nitrogens with zero attached hydrogens (tertiary/aromatic N) is 2. The van der Waals surface area contributed by atoms with Crippen molar-refractivity contribution in [2.75, 3.05) is 5.32 Å². The summed E-state index contributed by atoms with van der Waals surface area (Å²) in [4.78, 5) is 30.9. The first-order chi connectivity index (χ1) is 9.49. The number of carbonyl (C=O) groups excluding carboxylic acids is 1. The number of carboxylic acid groups (broad SMARTS) is 1. The zero-order valence-electron chi connectivity index (χ0n) is 11.0. The van der Waals surface area contributed by atoms with Crippen molar-refractivity contribution in [3.05, 3.63) is 53.1 Å². The monoisotopic (exact) mass is 271 g/mol. The average Bonchev–Trinajstić information content (AvgIpc) is 2.40. The van der Waals surface area contributed by atoms with Crippen molar-refractivity contribution >= 4 is 17.6 Å². The van der Waals surface area contributed by atoms with Gasteiger partial charge < -0.3 is 10.4 Å². The van der Waals surface area contributed by atoms with Gasteiger partial charge in [0.05, 0.1) is 11.3 Å². The fourth-order valence-electron chi connectivity index (χ4n) is 1.71. The third kappa shape index (κ3) is 2.80. The molecule has 0 spiro atoms. The third-order valence-corrected chi connectivity index (χ3v) is 2.82. The fraction of sp³-hybridized carbons (Fsp3) is 0.143. The van der Waals surface area contributed by atoms with Crippen molar-refractivity contribution in [3.63, 3.8) is 0 Å². The van der Waals surface area contributed by atoms with Crippen LogP contribution in [-0.4, -0.2) is 27.0 Å². The molecule has 20 heavy (non-hydrogen) atoms. The molecule has 0 saturated heterocycles. The quantitative estimate of drug-likeness (QED) is 0.891. The van der Waals surface area contributed by atoms with E-state index in [0.29, 0.717) is 11.4 Å². The van der Waals surface area contributed by atoms with Gasteiger partial charge in [-0.05, 0) is 37.6 Å². The number of aromatic carboxylic acids is 1. The van der Waals surface area contributed by atoms with Gasteiger partial charge in [0.1, 0.15) is 5.69 Å². The molecule has 0 aliphatic rings. The Hall–Kier alpha value is -2.76. The molecule has 2 N–H and O–H groups in total. The topological polar surface area (TPSA) is 92.2 Å². The van der Waals surface area contributed by atoms with Crippen LogP contribution in [0.15, 0.2) is 30.6 Å². The lowest BCUT2D eigenvalue weighted by Gasteiger charge is -2.08. The summed E-state index contributed by atoms with van der Waals surface area (Å²) in [6.45, 7) is 3.38. The highest BCUT2D eigenvalue weighted by molar-refractivity contribution is 6.03. The molecule has 0 atom stereocenters. The van der Waals surface area contributed by atoms with Crippen LogP contribution in [0.5, 0.6) is 0 Å². The Labute approximate surface area is 115 Å². The van der Waals surface area contributed by atoms with E-state index in [0.717, 1.165) is 5.56 Å². The Kier molecular flexibility index (Phi) is 3.74. The molecule has 0 unspecified atom stereocenters. The van der Waals surface area contributed by atoms with Gasteiger partial charge in [-0.1, -0.05) is 0 Å². The van der Waals surface area contributed by atoms with Crippen LogP contribution in [0.3, 0.4) is 0 Å². The van der Waals surface area contributed by atoms with Crippen molar-refractivity contribution in [1.82, 2.24) is 9.97 Å². The number of amides is 1. The minimum atomic E-state index is -1.06. The highest BCUT2D eigenvalue weighted by Crippen LogP contribution is 2.14. The van der Waals surface area contributed by atoms with Crippen LogP contribution in [0.25, 0.3) is 0 Å². The molecule has 6 heteroatoms. The summed E-state index contributed by atoms with van der Waals surface area (Å²) in [5.41, 5.74) is 2.04. The van der Waals surface area contributed by atoms with E-state index in [1.54, 1.807) is 25.4 Å². The summed E-state index contributed by atoms with van der Waals surface area (Å²) in [5, 5.41) is 11.6. The summed E-state index contributed by atoms with van der Waals surface area (Å²) in [6, 6.07) is 4.45. The summed E-state index contributed by atoms with van der Waals surface area (Å²) in [7, 11) is 0. The number of pyridine rings is 2. The largest absolute Gasteiger partial charge is 0.478 e. The lowest BCUT2D eigenvalue weighted by molar-refractivity contribution is 0.0695. The van der Waals surface area contributed by atoms with Gasteiger partial charge in [0.15, 0.2) is 0 Å². The normalized spacial score (nSPS) is 10.1. The van der Waals surface area contributed by atoms with E-state index in [1.807, 2.05) is 6.92 Å². The number of aromatic nitrogens is 2. The second-order valence-corrected chi connectivity index (χ2v) is 4.28. The maximum Gasteiger partial charge on any atom is 0.337 e. The second-order valence-electron chi connectivity index (χ2n) is 4.28. The van der Waals surface area contributed by atoms with Crippen LogP contribution in [0, 0.1) is 13.8 Å². The van der Waals surface area contributed by atoms with Gasteiger partial charge in [-0.2, -0.15) is 0 Å². The summed E-state index contributed by atoms with van der Waals surface area (Å²) < 4.78 is 0. The minimum absolute atomic E-state index is 0.0849. The molecule has 0 saturated carbocycles. The predicted molar refractivity (Wildman–Crippen MR) is 72.9 cm³/mol. The lowest BCUT2D eigenvalue weighted by atomic mass is 10.2. The van der Waals surface area contributed by atoms with Crippen LogP contribution in [0.2, 0.25) is 0 Å². The zero-order valence-corrected chi connectivity index (χ0v) is 11.0. The molecule has 0 aromatic carbocycles. The number of aryl methyl sites for hydroxylation is 2.